The van der Waals surface area contributed by atoms with Gasteiger partial charge >= 0.3 is 6.18 Å². The van der Waals surface area contributed by atoms with Crippen molar-refractivity contribution in [2.24, 2.45) is 5.73 Å². The summed E-state index contributed by atoms with van der Waals surface area (Å²) in [4.78, 5) is 0. The third kappa shape index (κ3) is 2.82. The standard InChI is InChI=1S/C12H14F3NO2/c13-12(14,15)9-4-2-1-3-8(9)11(16)10-7-17-5-6-18-10/h1-4,10-11H,5-7,16H2. The summed E-state index contributed by atoms with van der Waals surface area (Å²) in [5.41, 5.74) is 5.19. The predicted octanol–water partition coefficient (Wildman–Crippen LogP) is 2.12. The predicted molar refractivity (Wildman–Crippen MR) is 58.9 cm³/mol. The molecule has 1 aliphatic heterocycles. The summed E-state index contributed by atoms with van der Waals surface area (Å²) in [5.74, 6) is 0. The van der Waals surface area contributed by atoms with Crippen molar-refractivity contribution in [3.05, 3.63) is 35.4 Å². The van der Waals surface area contributed by atoms with Gasteiger partial charge in [-0.2, -0.15) is 13.2 Å². The van der Waals surface area contributed by atoms with E-state index < -0.39 is 23.9 Å². The third-order valence-corrected chi connectivity index (χ3v) is 2.87. The molecule has 1 heterocycles. The molecule has 1 aliphatic rings. The molecular weight excluding hydrogens is 247 g/mol. The average molecular weight is 261 g/mol. The monoisotopic (exact) mass is 261 g/mol. The maximum Gasteiger partial charge on any atom is 0.416 e. The highest BCUT2D eigenvalue weighted by Gasteiger charge is 2.36. The smallest absolute Gasteiger partial charge is 0.376 e. The maximum atomic E-state index is 12.8. The Hall–Kier alpha value is -1.11. The molecule has 1 aromatic carbocycles. The molecule has 2 rings (SSSR count). The molecule has 1 fully saturated rings. The van der Waals surface area contributed by atoms with Crippen LogP contribution < -0.4 is 5.73 Å². The lowest BCUT2D eigenvalue weighted by molar-refractivity contribution is -0.139. The Kier molecular flexibility index (Phi) is 3.89. The Morgan fingerprint density at radius 1 is 1.22 bits per heavy atom. The quantitative estimate of drug-likeness (QED) is 0.886. The number of ether oxygens (including phenoxy) is 2. The molecule has 1 saturated heterocycles. The fourth-order valence-corrected chi connectivity index (χ4v) is 1.96. The summed E-state index contributed by atoms with van der Waals surface area (Å²) in [6, 6.07) is 4.44. The number of nitrogens with two attached hydrogens (primary N) is 1. The molecular formula is C12H14F3NO2. The first-order valence-electron chi connectivity index (χ1n) is 5.61. The van der Waals surface area contributed by atoms with Gasteiger partial charge < -0.3 is 15.2 Å². The average Bonchev–Trinajstić information content (AvgIpc) is 2.38. The molecule has 0 amide bonds. The van der Waals surface area contributed by atoms with Crippen LogP contribution in [0.3, 0.4) is 0 Å². The van der Waals surface area contributed by atoms with E-state index >= 15 is 0 Å². The minimum Gasteiger partial charge on any atom is -0.376 e. The van der Waals surface area contributed by atoms with Gasteiger partial charge in [0.15, 0.2) is 0 Å². The lowest BCUT2D eigenvalue weighted by atomic mass is 9.96. The topological polar surface area (TPSA) is 44.5 Å². The van der Waals surface area contributed by atoms with Crippen LogP contribution in [0.5, 0.6) is 0 Å². The minimum atomic E-state index is -4.41. The van der Waals surface area contributed by atoms with Gasteiger partial charge in [-0.25, -0.2) is 0 Å². The number of hydrogen-bond acceptors (Lipinski definition) is 3. The fraction of sp³-hybridized carbons (Fsp3) is 0.500. The van der Waals surface area contributed by atoms with Crippen molar-refractivity contribution in [3.8, 4) is 0 Å². The highest BCUT2D eigenvalue weighted by atomic mass is 19.4. The van der Waals surface area contributed by atoms with Crippen LogP contribution in [0, 0.1) is 0 Å². The normalized spacial score (nSPS) is 22.8. The minimum absolute atomic E-state index is 0.0421. The fourth-order valence-electron chi connectivity index (χ4n) is 1.96. The van der Waals surface area contributed by atoms with E-state index in [1.54, 1.807) is 0 Å². The maximum absolute atomic E-state index is 12.8. The van der Waals surface area contributed by atoms with Crippen molar-refractivity contribution >= 4 is 0 Å². The van der Waals surface area contributed by atoms with Crippen LogP contribution in [-0.2, 0) is 15.7 Å². The Morgan fingerprint density at radius 2 is 1.94 bits per heavy atom. The lowest BCUT2D eigenvalue weighted by Gasteiger charge is -2.29. The molecule has 0 spiro atoms. The molecule has 0 saturated carbocycles. The van der Waals surface area contributed by atoms with Crippen molar-refractivity contribution < 1.29 is 22.6 Å². The Balaban J connectivity index is 2.26. The summed E-state index contributed by atoms with van der Waals surface area (Å²) in [5, 5.41) is 0. The molecule has 0 aromatic heterocycles. The summed E-state index contributed by atoms with van der Waals surface area (Å²) in [7, 11) is 0. The first kappa shape index (κ1) is 13.3. The highest BCUT2D eigenvalue weighted by Crippen LogP contribution is 2.35. The van der Waals surface area contributed by atoms with E-state index in [-0.39, 0.29) is 12.2 Å². The first-order chi connectivity index (χ1) is 8.50. The number of halogens is 3. The molecule has 2 unspecified atom stereocenters. The van der Waals surface area contributed by atoms with Gasteiger partial charge in [-0.15, -0.1) is 0 Å². The second-order valence-electron chi connectivity index (χ2n) is 4.09. The van der Waals surface area contributed by atoms with Gasteiger partial charge in [-0.3, -0.25) is 0 Å². The van der Waals surface area contributed by atoms with E-state index in [9.17, 15) is 13.2 Å². The van der Waals surface area contributed by atoms with E-state index in [4.69, 9.17) is 15.2 Å². The zero-order valence-corrected chi connectivity index (χ0v) is 9.61. The van der Waals surface area contributed by atoms with Gasteiger partial charge in [0.05, 0.1) is 31.4 Å². The van der Waals surface area contributed by atoms with Crippen LogP contribution in [0.4, 0.5) is 13.2 Å². The molecule has 2 N–H and O–H groups in total. The molecule has 3 nitrogen and oxygen atoms in total. The largest absolute Gasteiger partial charge is 0.416 e. The molecule has 0 radical (unpaired) electrons. The highest BCUT2D eigenvalue weighted by molar-refractivity contribution is 5.33. The van der Waals surface area contributed by atoms with Crippen LogP contribution in [-0.4, -0.2) is 25.9 Å². The van der Waals surface area contributed by atoms with Crippen LogP contribution in [0.25, 0.3) is 0 Å². The molecule has 6 heteroatoms. The van der Waals surface area contributed by atoms with E-state index in [1.165, 1.54) is 18.2 Å². The second kappa shape index (κ2) is 5.26. The van der Waals surface area contributed by atoms with Crippen molar-refractivity contribution in [3.63, 3.8) is 0 Å². The number of alkyl halides is 3. The second-order valence-corrected chi connectivity index (χ2v) is 4.09. The van der Waals surface area contributed by atoms with Gasteiger partial charge in [0.2, 0.25) is 0 Å². The number of rotatable bonds is 2. The molecule has 0 bridgehead atoms. The molecule has 1 aromatic rings. The number of hydrogen-bond donors (Lipinski definition) is 1. The van der Waals surface area contributed by atoms with Gasteiger partial charge in [-0.05, 0) is 11.6 Å². The molecule has 18 heavy (non-hydrogen) atoms. The zero-order chi connectivity index (χ0) is 13.2. The summed E-state index contributed by atoms with van der Waals surface area (Å²) in [6.07, 6.45) is -4.95. The van der Waals surface area contributed by atoms with Crippen molar-refractivity contribution in [2.45, 2.75) is 18.3 Å². The van der Waals surface area contributed by atoms with Crippen LogP contribution in [0.2, 0.25) is 0 Å². The van der Waals surface area contributed by atoms with Crippen molar-refractivity contribution in [2.75, 3.05) is 19.8 Å². The zero-order valence-electron chi connectivity index (χ0n) is 9.61. The molecule has 0 aliphatic carbocycles. The van der Waals surface area contributed by atoms with Gasteiger partial charge in [0, 0.05) is 0 Å². The van der Waals surface area contributed by atoms with Gasteiger partial charge in [0.25, 0.3) is 0 Å². The van der Waals surface area contributed by atoms with Crippen LogP contribution in [0.15, 0.2) is 24.3 Å². The van der Waals surface area contributed by atoms with Crippen LogP contribution in [0.1, 0.15) is 17.2 Å². The SMILES string of the molecule is NC(c1ccccc1C(F)(F)F)C1COCCO1. The Morgan fingerprint density at radius 3 is 2.56 bits per heavy atom. The first-order valence-corrected chi connectivity index (χ1v) is 5.61. The van der Waals surface area contributed by atoms with Crippen LogP contribution >= 0.6 is 0 Å². The summed E-state index contributed by atoms with van der Waals surface area (Å²) < 4.78 is 49.1. The van der Waals surface area contributed by atoms with Gasteiger partial charge in [0.1, 0.15) is 6.10 Å². The molecule has 2 atom stereocenters. The van der Waals surface area contributed by atoms with Gasteiger partial charge in [-0.1, -0.05) is 18.2 Å². The summed E-state index contributed by atoms with van der Waals surface area (Å²) in [6.45, 7) is 1.02. The Labute approximate surface area is 103 Å². The van der Waals surface area contributed by atoms with E-state index in [0.29, 0.717) is 13.2 Å². The van der Waals surface area contributed by atoms with Crippen molar-refractivity contribution in [1.82, 2.24) is 0 Å². The Bertz CT molecular complexity index is 403. The van der Waals surface area contributed by atoms with E-state index in [2.05, 4.69) is 0 Å². The molecule has 100 valence electrons. The van der Waals surface area contributed by atoms with E-state index in [1.807, 2.05) is 0 Å². The number of benzene rings is 1. The summed E-state index contributed by atoms with van der Waals surface area (Å²) >= 11 is 0. The van der Waals surface area contributed by atoms with E-state index in [0.717, 1.165) is 6.07 Å². The van der Waals surface area contributed by atoms with Crippen molar-refractivity contribution in [1.29, 1.82) is 0 Å². The third-order valence-electron chi connectivity index (χ3n) is 2.87. The lowest BCUT2D eigenvalue weighted by Crippen LogP contribution is -2.38.